The van der Waals surface area contributed by atoms with E-state index in [1.807, 2.05) is 0 Å². The van der Waals surface area contributed by atoms with Gasteiger partial charge in [0.1, 0.15) is 0 Å². The number of hydrogen-bond donors (Lipinski definition) is 1. The van der Waals surface area contributed by atoms with Crippen LogP contribution >= 0.6 is 27.7 Å². The van der Waals surface area contributed by atoms with Crippen molar-refractivity contribution in [2.75, 3.05) is 25.4 Å². The van der Waals surface area contributed by atoms with E-state index in [0.717, 1.165) is 30.4 Å². The highest BCUT2D eigenvalue weighted by atomic mass is 79.9. The number of rotatable bonds is 6. The molecular formula is C18H27BrN2OS. The van der Waals surface area contributed by atoms with Crippen molar-refractivity contribution in [3.8, 4) is 0 Å². The quantitative estimate of drug-likeness (QED) is 0.730. The molecule has 5 heteroatoms. The number of aryl methyl sites for hydroxylation is 2. The van der Waals surface area contributed by atoms with Crippen molar-refractivity contribution in [3.63, 3.8) is 0 Å². The number of halogens is 1. The third-order valence-corrected chi connectivity index (χ3v) is 6.32. The van der Waals surface area contributed by atoms with Gasteiger partial charge < -0.3 is 10.2 Å². The summed E-state index contributed by atoms with van der Waals surface area (Å²) in [6.07, 6.45) is 3.36. The molecule has 1 aromatic rings. The number of thioether (sulfide) groups is 1. The van der Waals surface area contributed by atoms with E-state index in [9.17, 15) is 4.79 Å². The summed E-state index contributed by atoms with van der Waals surface area (Å²) in [4.78, 5) is 15.9. The molecule has 0 bridgehead atoms. The number of amides is 1. The van der Waals surface area contributed by atoms with E-state index in [1.165, 1.54) is 29.0 Å². The Kier molecular flexibility index (Phi) is 7.44. The molecule has 1 N–H and O–H groups in total. The molecular weight excluding hydrogens is 372 g/mol. The number of piperidine rings is 1. The van der Waals surface area contributed by atoms with E-state index in [4.69, 9.17) is 0 Å². The van der Waals surface area contributed by atoms with Crippen molar-refractivity contribution in [2.24, 2.45) is 0 Å². The lowest BCUT2D eigenvalue weighted by Crippen LogP contribution is -2.45. The Balaban J connectivity index is 1.77. The number of nitrogens with zero attached hydrogens (tertiary/aromatic N) is 1. The Hall–Kier alpha value is -0.520. The van der Waals surface area contributed by atoms with Gasteiger partial charge in [0.05, 0.1) is 5.75 Å². The first-order valence-electron chi connectivity index (χ1n) is 8.41. The molecule has 1 aliphatic heterocycles. The fourth-order valence-electron chi connectivity index (χ4n) is 2.94. The molecule has 1 amide bonds. The first-order chi connectivity index (χ1) is 11.0. The van der Waals surface area contributed by atoms with Crippen molar-refractivity contribution in [1.29, 1.82) is 0 Å². The predicted octanol–water partition coefficient (Wildman–Crippen LogP) is 4.15. The molecule has 0 aromatic heterocycles. The van der Waals surface area contributed by atoms with Crippen LogP contribution in [0.2, 0.25) is 0 Å². The van der Waals surface area contributed by atoms with Gasteiger partial charge in [-0.25, -0.2) is 0 Å². The van der Waals surface area contributed by atoms with Crippen LogP contribution in [0, 0.1) is 13.8 Å². The molecule has 23 heavy (non-hydrogen) atoms. The highest BCUT2D eigenvalue weighted by Crippen LogP contribution is 2.28. The number of likely N-dealkylation sites (tertiary alicyclic amines) is 1. The largest absolute Gasteiger partial charge is 0.353 e. The van der Waals surface area contributed by atoms with Crippen molar-refractivity contribution in [2.45, 2.75) is 51.0 Å². The van der Waals surface area contributed by atoms with Crippen LogP contribution in [0.4, 0.5) is 0 Å². The van der Waals surface area contributed by atoms with Gasteiger partial charge in [0, 0.05) is 28.5 Å². The summed E-state index contributed by atoms with van der Waals surface area (Å²) in [5.41, 5.74) is 2.43. The van der Waals surface area contributed by atoms with E-state index >= 15 is 0 Å². The second-order valence-corrected chi connectivity index (χ2v) is 8.21. The summed E-state index contributed by atoms with van der Waals surface area (Å²) in [7, 11) is 0. The number of carbonyl (C=O) groups excluding carboxylic acids is 1. The predicted molar refractivity (Wildman–Crippen MR) is 102 cm³/mol. The van der Waals surface area contributed by atoms with Gasteiger partial charge in [-0.3, -0.25) is 4.79 Å². The molecule has 0 aliphatic carbocycles. The van der Waals surface area contributed by atoms with Gasteiger partial charge >= 0.3 is 0 Å². The molecule has 1 aliphatic rings. The van der Waals surface area contributed by atoms with E-state index in [1.54, 1.807) is 11.8 Å². The summed E-state index contributed by atoms with van der Waals surface area (Å²) in [5.74, 6) is 0.654. The average Bonchev–Trinajstić information content (AvgIpc) is 2.52. The first-order valence-corrected chi connectivity index (χ1v) is 10.2. The lowest BCUT2D eigenvalue weighted by Gasteiger charge is -2.32. The third-order valence-electron chi connectivity index (χ3n) is 4.31. The van der Waals surface area contributed by atoms with E-state index < -0.39 is 0 Å². The van der Waals surface area contributed by atoms with Crippen molar-refractivity contribution >= 4 is 33.6 Å². The van der Waals surface area contributed by atoms with Crippen LogP contribution in [0.25, 0.3) is 0 Å². The summed E-state index contributed by atoms with van der Waals surface area (Å²) in [6.45, 7) is 9.79. The first kappa shape index (κ1) is 18.8. The lowest BCUT2D eigenvalue weighted by molar-refractivity contribution is -0.119. The molecule has 128 valence electrons. The zero-order chi connectivity index (χ0) is 16.8. The summed E-state index contributed by atoms with van der Waals surface area (Å²) >= 11 is 5.18. The SMILES string of the molecule is CCCN1CCC(NC(=O)CSc2cc(C)c(Br)cc2C)CC1. The standard InChI is InChI=1S/C18H27BrN2OS/c1-4-7-21-8-5-15(6-9-21)20-18(22)12-23-17-11-13(2)16(19)10-14(17)3/h10-11,15H,4-9,12H2,1-3H3,(H,20,22). The van der Waals surface area contributed by atoms with Crippen LogP contribution in [0.5, 0.6) is 0 Å². The van der Waals surface area contributed by atoms with E-state index in [0.29, 0.717) is 11.8 Å². The lowest BCUT2D eigenvalue weighted by atomic mass is 10.1. The molecule has 1 heterocycles. The number of nitrogens with one attached hydrogen (secondary N) is 1. The van der Waals surface area contributed by atoms with Crippen LogP contribution in [0.3, 0.4) is 0 Å². The van der Waals surface area contributed by atoms with Gasteiger partial charge in [0.25, 0.3) is 0 Å². The molecule has 0 unspecified atom stereocenters. The van der Waals surface area contributed by atoms with E-state index in [-0.39, 0.29) is 5.91 Å². The smallest absolute Gasteiger partial charge is 0.230 e. The summed E-state index contributed by atoms with van der Waals surface area (Å²) in [5, 5.41) is 3.20. The van der Waals surface area contributed by atoms with Crippen LogP contribution in [-0.2, 0) is 4.79 Å². The minimum Gasteiger partial charge on any atom is -0.353 e. The third kappa shape index (κ3) is 5.80. The molecule has 3 nitrogen and oxygen atoms in total. The maximum Gasteiger partial charge on any atom is 0.230 e. The normalized spacial score (nSPS) is 16.5. The van der Waals surface area contributed by atoms with Gasteiger partial charge in [-0.15, -0.1) is 11.8 Å². The summed E-state index contributed by atoms with van der Waals surface area (Å²) < 4.78 is 1.13. The Labute approximate surface area is 152 Å². The molecule has 1 fully saturated rings. The average molecular weight is 399 g/mol. The van der Waals surface area contributed by atoms with Crippen LogP contribution in [0.1, 0.15) is 37.3 Å². The van der Waals surface area contributed by atoms with Crippen LogP contribution in [0.15, 0.2) is 21.5 Å². The number of hydrogen-bond acceptors (Lipinski definition) is 3. The molecule has 2 rings (SSSR count). The second kappa shape index (κ2) is 9.09. The zero-order valence-corrected chi connectivity index (χ0v) is 16.7. The second-order valence-electron chi connectivity index (χ2n) is 6.34. The monoisotopic (exact) mass is 398 g/mol. The van der Waals surface area contributed by atoms with Crippen molar-refractivity contribution in [1.82, 2.24) is 10.2 Å². The minimum absolute atomic E-state index is 0.156. The van der Waals surface area contributed by atoms with Gasteiger partial charge in [-0.1, -0.05) is 22.9 Å². The van der Waals surface area contributed by atoms with Crippen molar-refractivity contribution < 1.29 is 4.79 Å². The molecule has 1 saturated heterocycles. The van der Waals surface area contributed by atoms with E-state index in [2.05, 4.69) is 59.1 Å². The topological polar surface area (TPSA) is 32.3 Å². The molecule has 0 atom stereocenters. The Morgan fingerprint density at radius 1 is 1.30 bits per heavy atom. The van der Waals surface area contributed by atoms with Crippen molar-refractivity contribution in [3.05, 3.63) is 27.7 Å². The Morgan fingerprint density at radius 2 is 2.00 bits per heavy atom. The number of carbonyl (C=O) groups is 1. The van der Waals surface area contributed by atoms with Gasteiger partial charge in [0.2, 0.25) is 5.91 Å². The highest BCUT2D eigenvalue weighted by molar-refractivity contribution is 9.10. The fourth-order valence-corrected chi connectivity index (χ4v) is 4.31. The van der Waals surface area contributed by atoms with Crippen LogP contribution in [-0.4, -0.2) is 42.2 Å². The zero-order valence-electron chi connectivity index (χ0n) is 14.3. The molecule has 0 spiro atoms. The highest BCUT2D eigenvalue weighted by Gasteiger charge is 2.20. The maximum atomic E-state index is 12.2. The van der Waals surface area contributed by atoms with Crippen LogP contribution < -0.4 is 5.32 Å². The summed E-state index contributed by atoms with van der Waals surface area (Å²) in [6, 6.07) is 4.63. The van der Waals surface area contributed by atoms with Gasteiger partial charge in [-0.05, 0) is 62.9 Å². The van der Waals surface area contributed by atoms with Gasteiger partial charge in [-0.2, -0.15) is 0 Å². The molecule has 1 aromatic carbocycles. The fraction of sp³-hybridized carbons (Fsp3) is 0.611. The molecule has 0 saturated carbocycles. The Bertz CT molecular complexity index is 542. The minimum atomic E-state index is 0.156. The Morgan fingerprint density at radius 3 is 2.65 bits per heavy atom. The number of benzene rings is 1. The maximum absolute atomic E-state index is 12.2. The van der Waals surface area contributed by atoms with Gasteiger partial charge in [0.15, 0.2) is 0 Å². The molecule has 0 radical (unpaired) electrons.